The van der Waals surface area contributed by atoms with Crippen molar-refractivity contribution in [1.29, 1.82) is 0 Å². The molecule has 3 heterocycles. The second-order valence-corrected chi connectivity index (χ2v) is 10.3. The third-order valence-electron chi connectivity index (χ3n) is 7.55. The van der Waals surface area contributed by atoms with Crippen molar-refractivity contribution in [2.24, 2.45) is 0 Å². The average molecular weight is 625 g/mol. The molecule has 1 saturated heterocycles. The molecule has 1 fully saturated rings. The summed E-state index contributed by atoms with van der Waals surface area (Å²) in [7, 11) is 2.64. The molecule has 0 amide bonds. The Morgan fingerprint density at radius 1 is 0.778 bits per heavy atom. The summed E-state index contributed by atoms with van der Waals surface area (Å²) in [6.45, 7) is -0.711. The normalized spacial score (nSPS) is 21.7. The molecule has 2 unspecified atom stereocenters. The molecule has 1 aliphatic rings. The van der Waals surface area contributed by atoms with Crippen LogP contribution in [0.15, 0.2) is 62.2 Å². The maximum absolute atomic E-state index is 12.7. The maximum atomic E-state index is 12.7. The van der Waals surface area contributed by atoms with Gasteiger partial charge in [0.2, 0.25) is 12.0 Å². The van der Waals surface area contributed by atoms with Crippen molar-refractivity contribution < 1.29 is 63.5 Å². The van der Waals surface area contributed by atoms with Crippen molar-refractivity contribution in [2.45, 2.75) is 30.7 Å². The Balaban J connectivity index is 1.68. The van der Waals surface area contributed by atoms with Crippen LogP contribution in [0.1, 0.15) is 0 Å². The van der Waals surface area contributed by atoms with Crippen molar-refractivity contribution in [1.82, 2.24) is 0 Å². The van der Waals surface area contributed by atoms with Crippen molar-refractivity contribution in [3.63, 3.8) is 0 Å². The zero-order valence-corrected chi connectivity index (χ0v) is 23.7. The molecule has 0 saturated carbocycles. The second kappa shape index (κ2) is 11.5. The lowest BCUT2D eigenvalue weighted by atomic mass is 9.99. The molecule has 6 rings (SSSR count). The fourth-order valence-electron chi connectivity index (χ4n) is 5.23. The molecule has 2 aromatic heterocycles. The van der Waals surface area contributed by atoms with E-state index in [-0.39, 0.29) is 67.8 Å². The van der Waals surface area contributed by atoms with E-state index in [9.17, 15) is 40.5 Å². The number of benzene rings is 3. The highest BCUT2D eigenvalue weighted by Gasteiger charge is 2.45. The summed E-state index contributed by atoms with van der Waals surface area (Å²) in [5.74, 6) is -1.22. The first-order valence-corrected chi connectivity index (χ1v) is 13.5. The highest BCUT2D eigenvalue weighted by atomic mass is 16.7. The van der Waals surface area contributed by atoms with E-state index >= 15 is 0 Å². The van der Waals surface area contributed by atoms with Gasteiger partial charge in [-0.1, -0.05) is 0 Å². The van der Waals surface area contributed by atoms with E-state index < -0.39 is 48.5 Å². The molecule has 45 heavy (non-hydrogen) atoms. The number of ether oxygens (including phenoxy) is 4. The van der Waals surface area contributed by atoms with E-state index in [0.29, 0.717) is 5.56 Å². The van der Waals surface area contributed by atoms with Gasteiger partial charge in [-0.3, -0.25) is 4.79 Å². The van der Waals surface area contributed by atoms with Crippen LogP contribution in [0.5, 0.6) is 34.5 Å². The zero-order valence-electron chi connectivity index (χ0n) is 23.7. The van der Waals surface area contributed by atoms with Gasteiger partial charge in [0.05, 0.1) is 26.2 Å². The van der Waals surface area contributed by atoms with Gasteiger partial charge < -0.3 is 63.5 Å². The molecule has 0 radical (unpaired) electrons. The summed E-state index contributed by atoms with van der Waals surface area (Å²) in [6, 6.07) is 10.7. The summed E-state index contributed by atoms with van der Waals surface area (Å²) in [5, 5.41) is 72.4. The summed E-state index contributed by atoms with van der Waals surface area (Å²) in [5.41, 5.74) is 0.137. The minimum atomic E-state index is -1.80. The number of hydrogen-bond donors (Lipinski definition) is 7. The Morgan fingerprint density at radius 3 is 2.07 bits per heavy atom. The van der Waals surface area contributed by atoms with Crippen LogP contribution in [0.4, 0.5) is 0 Å². The lowest BCUT2D eigenvalue weighted by Crippen LogP contribution is -2.60. The largest absolute Gasteiger partial charge is 0.504 e. The van der Waals surface area contributed by atoms with E-state index in [1.54, 1.807) is 0 Å². The predicted octanol–water partition coefficient (Wildman–Crippen LogP) is 2.19. The Hall–Kier alpha value is -4.99. The van der Waals surface area contributed by atoms with Crippen LogP contribution >= 0.6 is 0 Å². The van der Waals surface area contributed by atoms with Crippen LogP contribution in [-0.4, -0.2) is 87.3 Å². The third-order valence-corrected chi connectivity index (χ3v) is 7.55. The smallest absolute Gasteiger partial charge is 0.229 e. The van der Waals surface area contributed by atoms with Crippen LogP contribution in [0, 0.1) is 0 Å². The maximum Gasteiger partial charge on any atom is 0.229 e. The Kier molecular flexibility index (Phi) is 7.68. The van der Waals surface area contributed by atoms with E-state index in [4.69, 9.17) is 27.8 Å². The molecular weight excluding hydrogens is 596 g/mol. The van der Waals surface area contributed by atoms with Crippen LogP contribution < -0.4 is 19.6 Å². The summed E-state index contributed by atoms with van der Waals surface area (Å²) < 4.78 is 34.7. The van der Waals surface area contributed by atoms with Crippen LogP contribution in [0.3, 0.4) is 0 Å². The molecule has 0 spiro atoms. The quantitative estimate of drug-likeness (QED) is 0.129. The Bertz CT molecular complexity index is 1930. The minimum absolute atomic E-state index is 0.00974. The lowest BCUT2D eigenvalue weighted by molar-refractivity contribution is -0.277. The molecule has 5 aromatic rings. The van der Waals surface area contributed by atoms with Gasteiger partial charge in [0, 0.05) is 28.6 Å². The van der Waals surface area contributed by atoms with Crippen LogP contribution in [-0.2, 0) is 4.74 Å². The van der Waals surface area contributed by atoms with Gasteiger partial charge in [-0.05, 0) is 36.4 Å². The predicted molar refractivity (Wildman–Crippen MR) is 156 cm³/mol. The number of hydrogen-bond acceptors (Lipinski definition) is 14. The van der Waals surface area contributed by atoms with Crippen molar-refractivity contribution >= 4 is 21.9 Å². The first-order valence-electron chi connectivity index (χ1n) is 13.5. The summed E-state index contributed by atoms with van der Waals surface area (Å²) in [4.78, 5) is 12.7. The number of aliphatic hydroxyl groups is 4. The van der Waals surface area contributed by atoms with Crippen molar-refractivity contribution in [3.05, 3.63) is 58.8 Å². The van der Waals surface area contributed by atoms with Crippen molar-refractivity contribution in [2.75, 3.05) is 20.8 Å². The number of phenols is 3. The van der Waals surface area contributed by atoms with Gasteiger partial charge in [0.1, 0.15) is 41.3 Å². The number of aliphatic hydroxyl groups excluding tert-OH is 4. The van der Waals surface area contributed by atoms with Crippen LogP contribution in [0.25, 0.3) is 44.6 Å². The lowest BCUT2D eigenvalue weighted by Gasteiger charge is -2.39. The van der Waals surface area contributed by atoms with Gasteiger partial charge in [-0.15, -0.1) is 0 Å². The fourth-order valence-corrected chi connectivity index (χ4v) is 5.23. The summed E-state index contributed by atoms with van der Waals surface area (Å²) in [6.07, 6.45) is -8.18. The van der Waals surface area contributed by atoms with Crippen LogP contribution in [0.2, 0.25) is 0 Å². The Morgan fingerprint density at radius 2 is 1.44 bits per heavy atom. The van der Waals surface area contributed by atoms with Gasteiger partial charge in [-0.2, -0.15) is 0 Å². The molecule has 0 aliphatic carbocycles. The van der Waals surface area contributed by atoms with Gasteiger partial charge in [0.25, 0.3) is 0 Å². The van der Waals surface area contributed by atoms with Gasteiger partial charge in [-0.25, -0.2) is 0 Å². The van der Waals surface area contributed by atoms with Gasteiger partial charge in [0.15, 0.2) is 39.9 Å². The molecule has 5 atom stereocenters. The van der Waals surface area contributed by atoms with Crippen molar-refractivity contribution in [3.8, 4) is 57.1 Å². The molecule has 14 nitrogen and oxygen atoms in total. The number of aromatic hydroxyl groups is 3. The third kappa shape index (κ3) is 5.13. The highest BCUT2D eigenvalue weighted by Crippen LogP contribution is 2.48. The first kappa shape index (κ1) is 30.1. The van der Waals surface area contributed by atoms with Gasteiger partial charge >= 0.3 is 0 Å². The average Bonchev–Trinajstić information content (AvgIpc) is 3.03. The SMILES string of the molecule is COc1cc(-c2oc3cc(=O)cc4oc(-c5ccc(O)c(O)c5)cc(c2O[C@@H]2OC(CO)[C@@H](O)[C@H](O)C2O)c43)cc(OC)c1O. The van der Waals surface area contributed by atoms with E-state index in [1.807, 2.05) is 0 Å². The number of methoxy groups -OCH3 is 2. The summed E-state index contributed by atoms with van der Waals surface area (Å²) >= 11 is 0. The molecular formula is C31H28O14. The minimum Gasteiger partial charge on any atom is -0.504 e. The zero-order chi connectivity index (χ0) is 32.2. The molecule has 7 N–H and O–H groups in total. The molecule has 0 bridgehead atoms. The molecule has 3 aromatic carbocycles. The number of rotatable bonds is 7. The molecule has 236 valence electrons. The molecule has 14 heteroatoms. The fraction of sp³-hybridized carbons (Fsp3) is 0.258. The Labute approximate surface area is 253 Å². The first-order chi connectivity index (χ1) is 21.5. The van der Waals surface area contributed by atoms with E-state index in [1.165, 1.54) is 62.8 Å². The van der Waals surface area contributed by atoms with E-state index in [2.05, 4.69) is 0 Å². The standard InChI is InChI=1S/C31H28O14/c1-40-21-6-13(7-22(41-2)25(21)36)29-30(45-31-28(39)27(38)26(37)23(11-32)44-31)15-10-18(12-3-4-16(34)17(35)5-12)42-19-8-14(33)9-20(43-29)24(15)19/h3-10,23,26-28,31-32,34-39H,11H2,1-2H3/t23?,26-,27+,28?,31+/m1/s1. The van der Waals surface area contributed by atoms with E-state index in [0.717, 1.165) is 0 Å². The topological polar surface area (TPSA) is 222 Å². The second-order valence-electron chi connectivity index (χ2n) is 10.3. The highest BCUT2D eigenvalue weighted by molar-refractivity contribution is 6.10. The molecule has 1 aliphatic heterocycles. The monoisotopic (exact) mass is 624 g/mol. The number of phenolic OH excluding ortho intramolecular Hbond substituents is 3.